The average Bonchev–Trinajstić information content (AvgIpc) is 3.18. The number of hydrogen-bond acceptors (Lipinski definition) is 7. The number of ether oxygens (including phenoxy) is 3. The van der Waals surface area contributed by atoms with Gasteiger partial charge in [-0.3, -0.25) is 4.79 Å². The third-order valence-electron chi connectivity index (χ3n) is 4.91. The van der Waals surface area contributed by atoms with E-state index >= 15 is 0 Å². The summed E-state index contributed by atoms with van der Waals surface area (Å²) in [5, 5.41) is 3.99. The monoisotopic (exact) mass is 411 g/mol. The number of carbonyl (C=O) groups excluding carboxylic acids is 1. The van der Waals surface area contributed by atoms with Crippen molar-refractivity contribution in [1.29, 1.82) is 0 Å². The first kappa shape index (κ1) is 18.2. The molecule has 5 rings (SSSR count). The number of morpholine rings is 1. The lowest BCUT2D eigenvalue weighted by atomic mass is 10.1. The number of nitrogens with one attached hydrogen (secondary N) is 1. The van der Waals surface area contributed by atoms with Crippen LogP contribution in [0.25, 0.3) is 10.2 Å². The van der Waals surface area contributed by atoms with Gasteiger partial charge in [-0.2, -0.15) is 0 Å². The molecule has 0 radical (unpaired) electrons. The smallest absolute Gasteiger partial charge is 0.228 e. The molecule has 0 saturated carbocycles. The summed E-state index contributed by atoms with van der Waals surface area (Å²) in [5.41, 5.74) is 2.61. The first-order chi connectivity index (χ1) is 14.2. The number of benzene rings is 2. The standard InChI is InChI=1S/C21H21N3O4S/c25-20(12-14-1-4-17-18(11-14)28-10-9-27-17)22-15-2-3-16-19(13-15)29-21(23-16)24-5-7-26-8-6-24/h1-4,11,13H,5-10,12H2,(H,22,25). The van der Waals surface area contributed by atoms with Crippen molar-refractivity contribution >= 4 is 38.3 Å². The zero-order valence-electron chi connectivity index (χ0n) is 15.8. The Morgan fingerprint density at radius 2 is 1.86 bits per heavy atom. The maximum absolute atomic E-state index is 12.5. The minimum Gasteiger partial charge on any atom is -0.486 e. The van der Waals surface area contributed by atoms with Crippen LogP contribution in [0.3, 0.4) is 0 Å². The Kier molecular flexibility index (Phi) is 4.95. The SMILES string of the molecule is O=C(Cc1ccc2c(c1)OCCO2)Nc1ccc2nc(N3CCOCC3)sc2c1. The van der Waals surface area contributed by atoms with Gasteiger partial charge >= 0.3 is 0 Å². The first-order valence-corrected chi connectivity index (χ1v) is 10.5. The summed E-state index contributed by atoms with van der Waals surface area (Å²) in [6.07, 6.45) is 0.274. The summed E-state index contributed by atoms with van der Waals surface area (Å²) < 4.78 is 17.6. The lowest BCUT2D eigenvalue weighted by Crippen LogP contribution is -2.36. The van der Waals surface area contributed by atoms with Gasteiger partial charge < -0.3 is 24.4 Å². The molecule has 1 fully saturated rings. The maximum Gasteiger partial charge on any atom is 0.228 e. The second-order valence-corrected chi connectivity index (χ2v) is 7.99. The van der Waals surface area contributed by atoms with E-state index in [2.05, 4.69) is 10.2 Å². The van der Waals surface area contributed by atoms with E-state index in [0.29, 0.717) is 19.0 Å². The molecule has 150 valence electrons. The second kappa shape index (κ2) is 7.88. The third kappa shape index (κ3) is 3.99. The Balaban J connectivity index is 1.27. The van der Waals surface area contributed by atoms with Crippen molar-refractivity contribution in [1.82, 2.24) is 4.98 Å². The third-order valence-corrected chi connectivity index (χ3v) is 5.99. The molecule has 3 aromatic rings. The van der Waals surface area contributed by atoms with Crippen molar-refractivity contribution in [3.05, 3.63) is 42.0 Å². The van der Waals surface area contributed by atoms with Gasteiger partial charge in [-0.25, -0.2) is 4.98 Å². The van der Waals surface area contributed by atoms with E-state index in [1.54, 1.807) is 11.3 Å². The van der Waals surface area contributed by atoms with Crippen LogP contribution in [0.2, 0.25) is 0 Å². The van der Waals surface area contributed by atoms with Gasteiger partial charge in [-0.15, -0.1) is 0 Å². The first-order valence-electron chi connectivity index (χ1n) is 9.66. The highest BCUT2D eigenvalue weighted by Crippen LogP contribution is 2.32. The van der Waals surface area contributed by atoms with Crippen LogP contribution in [-0.4, -0.2) is 50.4 Å². The quantitative estimate of drug-likeness (QED) is 0.711. The van der Waals surface area contributed by atoms with Gasteiger partial charge in [0, 0.05) is 18.8 Å². The van der Waals surface area contributed by atoms with E-state index < -0.39 is 0 Å². The number of rotatable bonds is 4. The molecular formula is C21H21N3O4S. The van der Waals surface area contributed by atoms with Gasteiger partial charge in [0.05, 0.1) is 29.9 Å². The number of hydrogen-bond donors (Lipinski definition) is 1. The topological polar surface area (TPSA) is 72.9 Å². The molecule has 0 atom stereocenters. The molecule has 2 aromatic carbocycles. The summed E-state index contributed by atoms with van der Waals surface area (Å²) in [6.45, 7) is 4.27. The Hall–Kier alpha value is -2.84. The molecular weight excluding hydrogens is 390 g/mol. The summed E-state index contributed by atoms with van der Waals surface area (Å²) >= 11 is 1.64. The van der Waals surface area contributed by atoms with E-state index in [1.165, 1.54) is 0 Å². The van der Waals surface area contributed by atoms with Crippen LogP contribution in [0.4, 0.5) is 10.8 Å². The number of amides is 1. The van der Waals surface area contributed by atoms with Crippen LogP contribution < -0.4 is 19.7 Å². The zero-order valence-corrected chi connectivity index (χ0v) is 16.7. The highest BCUT2D eigenvalue weighted by molar-refractivity contribution is 7.22. The molecule has 29 heavy (non-hydrogen) atoms. The van der Waals surface area contributed by atoms with Crippen molar-refractivity contribution in [2.75, 3.05) is 49.7 Å². The molecule has 2 aliphatic heterocycles. The largest absolute Gasteiger partial charge is 0.486 e. The van der Waals surface area contributed by atoms with E-state index in [9.17, 15) is 4.79 Å². The van der Waals surface area contributed by atoms with E-state index in [4.69, 9.17) is 19.2 Å². The minimum atomic E-state index is -0.0704. The lowest BCUT2D eigenvalue weighted by molar-refractivity contribution is -0.115. The van der Waals surface area contributed by atoms with E-state index in [0.717, 1.165) is 58.7 Å². The number of anilines is 2. The Bertz CT molecular complexity index is 1050. The van der Waals surface area contributed by atoms with Gasteiger partial charge in [0.15, 0.2) is 16.6 Å². The highest BCUT2D eigenvalue weighted by atomic mass is 32.1. The molecule has 0 bridgehead atoms. The number of carbonyl (C=O) groups is 1. The zero-order chi connectivity index (χ0) is 19.6. The molecule has 2 aliphatic rings. The molecule has 3 heterocycles. The summed E-state index contributed by atoms with van der Waals surface area (Å²) in [5.74, 6) is 1.36. The van der Waals surface area contributed by atoms with Crippen molar-refractivity contribution in [3.8, 4) is 11.5 Å². The van der Waals surface area contributed by atoms with Crippen molar-refractivity contribution in [2.45, 2.75) is 6.42 Å². The number of thiazole rings is 1. The lowest BCUT2D eigenvalue weighted by Gasteiger charge is -2.25. The summed E-state index contributed by atoms with van der Waals surface area (Å²) in [4.78, 5) is 19.5. The molecule has 1 aromatic heterocycles. The second-order valence-electron chi connectivity index (χ2n) is 6.98. The van der Waals surface area contributed by atoms with Crippen molar-refractivity contribution in [2.24, 2.45) is 0 Å². The van der Waals surface area contributed by atoms with Gasteiger partial charge in [0.25, 0.3) is 0 Å². The molecule has 7 nitrogen and oxygen atoms in total. The van der Waals surface area contributed by atoms with Gasteiger partial charge in [0.2, 0.25) is 5.91 Å². The van der Waals surface area contributed by atoms with Gasteiger partial charge in [-0.1, -0.05) is 17.4 Å². The Labute approximate surface area is 172 Å². The van der Waals surface area contributed by atoms with Crippen LogP contribution in [0.1, 0.15) is 5.56 Å². The van der Waals surface area contributed by atoms with Gasteiger partial charge in [0.1, 0.15) is 13.2 Å². The fourth-order valence-electron chi connectivity index (χ4n) is 3.47. The molecule has 1 N–H and O–H groups in total. The molecule has 1 saturated heterocycles. The normalized spacial score (nSPS) is 16.1. The van der Waals surface area contributed by atoms with Crippen LogP contribution in [0.15, 0.2) is 36.4 Å². The maximum atomic E-state index is 12.5. The van der Waals surface area contributed by atoms with E-state index in [-0.39, 0.29) is 12.3 Å². The van der Waals surface area contributed by atoms with E-state index in [1.807, 2.05) is 36.4 Å². The average molecular weight is 411 g/mol. The van der Waals surface area contributed by atoms with Crippen LogP contribution in [0.5, 0.6) is 11.5 Å². The van der Waals surface area contributed by atoms with Crippen LogP contribution in [-0.2, 0) is 16.0 Å². The highest BCUT2D eigenvalue weighted by Gasteiger charge is 2.16. The predicted octanol–water partition coefficient (Wildman–Crippen LogP) is 3.09. The molecule has 0 aliphatic carbocycles. The molecule has 0 unspecified atom stereocenters. The number of aromatic nitrogens is 1. The van der Waals surface area contributed by atoms with Crippen LogP contribution in [0, 0.1) is 0 Å². The van der Waals surface area contributed by atoms with Crippen molar-refractivity contribution in [3.63, 3.8) is 0 Å². The Morgan fingerprint density at radius 1 is 1.03 bits per heavy atom. The fourth-order valence-corrected chi connectivity index (χ4v) is 4.52. The predicted molar refractivity (Wildman–Crippen MR) is 112 cm³/mol. The van der Waals surface area contributed by atoms with Crippen LogP contribution >= 0.6 is 11.3 Å². The van der Waals surface area contributed by atoms with Crippen molar-refractivity contribution < 1.29 is 19.0 Å². The molecule has 1 amide bonds. The van der Waals surface area contributed by atoms with Gasteiger partial charge in [-0.05, 0) is 35.9 Å². The Morgan fingerprint density at radius 3 is 2.72 bits per heavy atom. The summed E-state index contributed by atoms with van der Waals surface area (Å²) in [7, 11) is 0. The number of nitrogens with zero attached hydrogens (tertiary/aromatic N) is 2. The molecule has 8 heteroatoms. The number of fused-ring (bicyclic) bond motifs is 2. The molecule has 0 spiro atoms. The summed E-state index contributed by atoms with van der Waals surface area (Å²) in [6, 6.07) is 11.5. The minimum absolute atomic E-state index is 0.0704. The fraction of sp³-hybridized carbons (Fsp3) is 0.333.